The van der Waals surface area contributed by atoms with E-state index in [1.165, 1.54) is 7.11 Å². The predicted octanol–water partition coefficient (Wildman–Crippen LogP) is 3.90. The van der Waals surface area contributed by atoms with E-state index in [9.17, 15) is 9.59 Å². The summed E-state index contributed by atoms with van der Waals surface area (Å²) in [4.78, 5) is 25.9. The molecule has 1 aromatic carbocycles. The number of hydrogen-bond donors (Lipinski definition) is 0. The fourth-order valence-electron chi connectivity index (χ4n) is 2.68. The van der Waals surface area contributed by atoms with E-state index >= 15 is 0 Å². The van der Waals surface area contributed by atoms with E-state index < -0.39 is 11.6 Å². The Morgan fingerprint density at radius 1 is 1.32 bits per heavy atom. The zero-order chi connectivity index (χ0) is 18.6. The number of methoxy groups -OCH3 is 1. The summed E-state index contributed by atoms with van der Waals surface area (Å²) in [5.41, 5.74) is -0.289. The van der Waals surface area contributed by atoms with Crippen LogP contribution in [0.3, 0.4) is 0 Å². The molecule has 7 heteroatoms. The topological polar surface area (TPSA) is 65.1 Å². The summed E-state index contributed by atoms with van der Waals surface area (Å²) in [6, 6.07) is 4.76. The first-order chi connectivity index (χ1) is 11.7. The second-order valence-electron chi connectivity index (χ2n) is 6.89. The minimum atomic E-state index is -0.550. The van der Waals surface area contributed by atoms with Crippen LogP contribution in [0.15, 0.2) is 18.2 Å². The van der Waals surface area contributed by atoms with Gasteiger partial charge in [-0.05, 0) is 45.7 Å². The van der Waals surface area contributed by atoms with Gasteiger partial charge in [0.05, 0.1) is 18.2 Å². The van der Waals surface area contributed by atoms with Gasteiger partial charge in [0.25, 0.3) is 0 Å². The third kappa shape index (κ3) is 5.01. The van der Waals surface area contributed by atoms with Crippen LogP contribution < -0.4 is 4.74 Å². The highest BCUT2D eigenvalue weighted by atomic mass is 35.5. The maximum absolute atomic E-state index is 12.3. The highest BCUT2D eigenvalue weighted by Gasteiger charge is 2.33. The number of esters is 1. The molecule has 0 spiro atoms. The second kappa shape index (κ2) is 7.95. The van der Waals surface area contributed by atoms with Crippen molar-refractivity contribution in [3.8, 4) is 5.75 Å². The summed E-state index contributed by atoms with van der Waals surface area (Å²) in [6.45, 7) is 6.35. The number of benzene rings is 1. The van der Waals surface area contributed by atoms with Crippen LogP contribution in [0.5, 0.6) is 5.75 Å². The SMILES string of the molecule is COC(=O)c1cccc(Cl)c1OCC1CCCN1C(=O)OC(C)(C)C. The van der Waals surface area contributed by atoms with Gasteiger partial charge in [-0.15, -0.1) is 0 Å². The van der Waals surface area contributed by atoms with Crippen molar-refractivity contribution in [2.24, 2.45) is 0 Å². The first-order valence-corrected chi connectivity index (χ1v) is 8.60. The van der Waals surface area contributed by atoms with Crippen molar-refractivity contribution < 1.29 is 23.8 Å². The van der Waals surface area contributed by atoms with Crippen molar-refractivity contribution in [3.05, 3.63) is 28.8 Å². The van der Waals surface area contributed by atoms with Crippen molar-refractivity contribution in [3.63, 3.8) is 0 Å². The van der Waals surface area contributed by atoms with Crippen LogP contribution in [0.2, 0.25) is 5.02 Å². The van der Waals surface area contributed by atoms with E-state index in [4.69, 9.17) is 25.8 Å². The maximum Gasteiger partial charge on any atom is 0.410 e. The molecule has 0 aromatic heterocycles. The van der Waals surface area contributed by atoms with Gasteiger partial charge in [-0.1, -0.05) is 17.7 Å². The van der Waals surface area contributed by atoms with E-state index in [1.54, 1.807) is 23.1 Å². The fourth-order valence-corrected chi connectivity index (χ4v) is 2.90. The van der Waals surface area contributed by atoms with Crippen LogP contribution in [0, 0.1) is 0 Å². The number of carbonyl (C=O) groups is 2. The van der Waals surface area contributed by atoms with Crippen molar-refractivity contribution in [2.75, 3.05) is 20.3 Å². The molecule has 6 nitrogen and oxygen atoms in total. The molecule has 0 aliphatic carbocycles. The molecule has 1 aliphatic rings. The minimum Gasteiger partial charge on any atom is -0.489 e. The molecule has 1 unspecified atom stereocenters. The highest BCUT2D eigenvalue weighted by molar-refractivity contribution is 6.32. The Hall–Kier alpha value is -1.95. The third-order valence-corrected chi connectivity index (χ3v) is 4.10. The summed E-state index contributed by atoms with van der Waals surface area (Å²) in [5, 5.41) is 0.324. The summed E-state index contributed by atoms with van der Waals surface area (Å²) in [6.07, 6.45) is 1.32. The van der Waals surface area contributed by atoms with Gasteiger partial charge in [-0.3, -0.25) is 0 Å². The normalized spacial score (nSPS) is 17.3. The average molecular weight is 370 g/mol. The first-order valence-electron chi connectivity index (χ1n) is 8.22. The summed E-state index contributed by atoms with van der Waals surface area (Å²) >= 11 is 6.16. The number of halogens is 1. The third-order valence-electron chi connectivity index (χ3n) is 3.80. The molecule has 1 aromatic rings. The molecule has 0 N–H and O–H groups in total. The van der Waals surface area contributed by atoms with E-state index in [2.05, 4.69) is 0 Å². The van der Waals surface area contributed by atoms with E-state index in [1.807, 2.05) is 20.8 Å². The molecule has 1 fully saturated rings. The van der Waals surface area contributed by atoms with Crippen molar-refractivity contribution in [1.29, 1.82) is 0 Å². The summed E-state index contributed by atoms with van der Waals surface area (Å²) < 4.78 is 16.0. The van der Waals surface area contributed by atoms with Gasteiger partial charge >= 0.3 is 12.1 Å². The monoisotopic (exact) mass is 369 g/mol. The maximum atomic E-state index is 12.3. The molecular weight excluding hydrogens is 346 g/mol. The Morgan fingerprint density at radius 2 is 2.04 bits per heavy atom. The van der Waals surface area contributed by atoms with Crippen LogP contribution in [0.25, 0.3) is 0 Å². The number of carbonyl (C=O) groups excluding carboxylic acids is 2. The lowest BCUT2D eigenvalue weighted by Crippen LogP contribution is -2.42. The van der Waals surface area contributed by atoms with Crippen LogP contribution >= 0.6 is 11.6 Å². The lowest BCUT2D eigenvalue weighted by Gasteiger charge is -2.28. The first kappa shape index (κ1) is 19.4. The van der Waals surface area contributed by atoms with Gasteiger partial charge < -0.3 is 19.1 Å². The largest absolute Gasteiger partial charge is 0.489 e. The average Bonchev–Trinajstić information content (AvgIpc) is 2.99. The zero-order valence-electron chi connectivity index (χ0n) is 15.0. The Morgan fingerprint density at radius 3 is 2.68 bits per heavy atom. The molecule has 0 saturated carbocycles. The van der Waals surface area contributed by atoms with Gasteiger partial charge in [-0.25, -0.2) is 9.59 Å². The Balaban J connectivity index is 2.08. The fraction of sp³-hybridized carbons (Fsp3) is 0.556. The number of hydrogen-bond acceptors (Lipinski definition) is 5. The summed E-state index contributed by atoms with van der Waals surface area (Å²) in [5.74, 6) is -0.250. The number of rotatable bonds is 4. The number of ether oxygens (including phenoxy) is 3. The number of likely N-dealkylation sites (tertiary alicyclic amines) is 1. The predicted molar refractivity (Wildman–Crippen MR) is 94.2 cm³/mol. The number of para-hydroxylation sites is 1. The molecule has 0 bridgehead atoms. The molecule has 1 aliphatic heterocycles. The molecule has 138 valence electrons. The van der Waals surface area contributed by atoms with E-state index in [0.29, 0.717) is 11.6 Å². The molecule has 1 heterocycles. The van der Waals surface area contributed by atoms with Gasteiger partial charge in [-0.2, -0.15) is 0 Å². The van der Waals surface area contributed by atoms with Crippen molar-refractivity contribution in [1.82, 2.24) is 4.90 Å². The quantitative estimate of drug-likeness (QED) is 0.753. The van der Waals surface area contributed by atoms with Crippen LogP contribution in [0.1, 0.15) is 44.0 Å². The lowest BCUT2D eigenvalue weighted by atomic mass is 10.2. The Bertz CT molecular complexity index is 641. The molecule has 25 heavy (non-hydrogen) atoms. The van der Waals surface area contributed by atoms with Crippen LogP contribution in [-0.2, 0) is 9.47 Å². The summed E-state index contributed by atoms with van der Waals surface area (Å²) in [7, 11) is 1.30. The van der Waals surface area contributed by atoms with E-state index in [-0.39, 0.29) is 30.1 Å². The number of amides is 1. The van der Waals surface area contributed by atoms with Gasteiger partial charge in [0.15, 0.2) is 5.75 Å². The standard InChI is InChI=1S/C18H24ClNO5/c1-18(2,3)25-17(22)20-10-6-7-12(20)11-24-15-13(16(21)23-4)8-5-9-14(15)19/h5,8-9,12H,6-7,10-11H2,1-4H3. The van der Waals surface area contributed by atoms with Crippen molar-refractivity contribution in [2.45, 2.75) is 45.3 Å². The molecule has 1 saturated heterocycles. The smallest absolute Gasteiger partial charge is 0.410 e. The van der Waals surface area contributed by atoms with E-state index in [0.717, 1.165) is 12.8 Å². The molecule has 1 atom stereocenters. The molecule has 0 radical (unpaired) electrons. The zero-order valence-corrected chi connectivity index (χ0v) is 15.8. The Kier molecular flexibility index (Phi) is 6.16. The molecule has 2 rings (SSSR count). The lowest BCUT2D eigenvalue weighted by molar-refractivity contribution is 0.0185. The van der Waals surface area contributed by atoms with Gasteiger partial charge in [0, 0.05) is 6.54 Å². The minimum absolute atomic E-state index is 0.128. The van der Waals surface area contributed by atoms with Crippen LogP contribution in [-0.4, -0.2) is 48.9 Å². The van der Waals surface area contributed by atoms with Crippen LogP contribution in [0.4, 0.5) is 4.79 Å². The van der Waals surface area contributed by atoms with Gasteiger partial charge in [0.1, 0.15) is 17.8 Å². The molecule has 1 amide bonds. The highest BCUT2D eigenvalue weighted by Crippen LogP contribution is 2.30. The molecular formula is C18H24ClNO5. The second-order valence-corrected chi connectivity index (χ2v) is 7.30. The number of nitrogens with zero attached hydrogens (tertiary/aromatic N) is 1. The van der Waals surface area contributed by atoms with Gasteiger partial charge in [0.2, 0.25) is 0 Å². The Labute approximate surface area is 153 Å². The van der Waals surface area contributed by atoms with Crippen molar-refractivity contribution >= 4 is 23.7 Å².